The van der Waals surface area contributed by atoms with Crippen LogP contribution in [0.5, 0.6) is 5.75 Å². The second-order valence-corrected chi connectivity index (χ2v) is 9.01. The molecular weight excluding hydrogens is 428 g/mol. The molecular formula is C27H34N4O3. The van der Waals surface area contributed by atoms with Crippen LogP contribution in [0.2, 0.25) is 0 Å². The third-order valence-corrected chi connectivity index (χ3v) is 6.77. The van der Waals surface area contributed by atoms with Crippen molar-refractivity contribution in [1.82, 2.24) is 19.4 Å². The predicted octanol–water partition coefficient (Wildman–Crippen LogP) is 4.18. The van der Waals surface area contributed by atoms with E-state index in [4.69, 9.17) is 9.72 Å². The topological polar surface area (TPSA) is 67.7 Å². The molecule has 34 heavy (non-hydrogen) atoms. The molecule has 0 bridgehead atoms. The molecule has 7 nitrogen and oxygen atoms in total. The van der Waals surface area contributed by atoms with Gasteiger partial charge in [-0.2, -0.15) is 0 Å². The first-order valence-electron chi connectivity index (χ1n) is 12.1. The summed E-state index contributed by atoms with van der Waals surface area (Å²) in [5.74, 6) is 1.53. The summed E-state index contributed by atoms with van der Waals surface area (Å²) in [4.78, 5) is 35.6. The van der Waals surface area contributed by atoms with Crippen LogP contribution in [0.4, 0.5) is 0 Å². The summed E-state index contributed by atoms with van der Waals surface area (Å²) in [6, 6.07) is 15.0. The number of carbonyl (C=O) groups is 1. The Morgan fingerprint density at radius 2 is 1.88 bits per heavy atom. The monoisotopic (exact) mass is 462 g/mol. The third kappa shape index (κ3) is 4.57. The van der Waals surface area contributed by atoms with E-state index < -0.39 is 0 Å². The van der Waals surface area contributed by atoms with E-state index in [-0.39, 0.29) is 23.6 Å². The first kappa shape index (κ1) is 24.0. The van der Waals surface area contributed by atoms with Gasteiger partial charge in [0.05, 0.1) is 29.7 Å². The highest BCUT2D eigenvalue weighted by Crippen LogP contribution is 2.29. The lowest BCUT2D eigenvalue weighted by molar-refractivity contribution is -0.136. The smallest absolute Gasteiger partial charge is 0.266 e. The van der Waals surface area contributed by atoms with Gasteiger partial charge in [-0.15, -0.1) is 0 Å². The molecule has 0 radical (unpaired) electrons. The van der Waals surface area contributed by atoms with E-state index in [1.54, 1.807) is 11.7 Å². The summed E-state index contributed by atoms with van der Waals surface area (Å²) >= 11 is 0. The summed E-state index contributed by atoms with van der Waals surface area (Å²) < 4.78 is 7.28. The lowest BCUT2D eigenvalue weighted by atomic mass is 10.1. The van der Waals surface area contributed by atoms with E-state index in [2.05, 4.69) is 25.7 Å². The number of hydrogen-bond acceptors (Lipinski definition) is 5. The van der Waals surface area contributed by atoms with Gasteiger partial charge in [0.15, 0.2) is 0 Å². The van der Waals surface area contributed by atoms with Crippen molar-refractivity contribution in [1.29, 1.82) is 0 Å². The maximum Gasteiger partial charge on any atom is 0.266 e. The Labute approximate surface area is 201 Å². The average Bonchev–Trinajstić information content (AvgIpc) is 2.86. The Balaban J connectivity index is 1.73. The molecule has 1 fully saturated rings. The first-order chi connectivity index (χ1) is 16.5. The molecule has 2 unspecified atom stereocenters. The van der Waals surface area contributed by atoms with E-state index in [0.29, 0.717) is 41.1 Å². The molecule has 0 saturated carbocycles. The average molecular weight is 463 g/mol. The molecule has 3 aromatic rings. The van der Waals surface area contributed by atoms with E-state index in [1.165, 1.54) is 0 Å². The predicted molar refractivity (Wildman–Crippen MR) is 135 cm³/mol. The van der Waals surface area contributed by atoms with E-state index in [1.807, 2.05) is 53.4 Å². The van der Waals surface area contributed by atoms with Crippen LogP contribution in [-0.4, -0.2) is 58.0 Å². The minimum atomic E-state index is -0.127. The zero-order valence-corrected chi connectivity index (χ0v) is 20.5. The molecule has 1 aliphatic heterocycles. The number of fused-ring (bicyclic) bond motifs is 1. The number of unbranched alkanes of at least 4 members (excludes halogenated alkanes) is 1. The maximum atomic E-state index is 13.7. The summed E-state index contributed by atoms with van der Waals surface area (Å²) in [6.07, 6.45) is 2.55. The Morgan fingerprint density at radius 1 is 1.15 bits per heavy atom. The van der Waals surface area contributed by atoms with Gasteiger partial charge < -0.3 is 9.64 Å². The summed E-state index contributed by atoms with van der Waals surface area (Å²) in [5, 5.41) is 0.573. The molecule has 0 spiro atoms. The van der Waals surface area contributed by atoms with Gasteiger partial charge in [0.2, 0.25) is 5.91 Å². The van der Waals surface area contributed by atoms with Crippen molar-refractivity contribution in [2.45, 2.75) is 52.1 Å². The maximum absolute atomic E-state index is 13.7. The van der Waals surface area contributed by atoms with Gasteiger partial charge in [-0.1, -0.05) is 37.6 Å². The number of piperazine rings is 1. The van der Waals surface area contributed by atoms with E-state index in [0.717, 1.165) is 25.9 Å². The zero-order valence-electron chi connectivity index (χ0n) is 20.5. The number of benzene rings is 2. The number of hydrogen-bond donors (Lipinski definition) is 0. The van der Waals surface area contributed by atoms with E-state index in [9.17, 15) is 9.59 Å². The van der Waals surface area contributed by atoms with Crippen molar-refractivity contribution in [3.05, 3.63) is 64.7 Å². The molecule has 1 saturated heterocycles. The summed E-state index contributed by atoms with van der Waals surface area (Å²) in [5.41, 5.74) is 1.25. The normalized spacial score (nSPS) is 17.6. The molecule has 0 aliphatic carbocycles. The Morgan fingerprint density at radius 3 is 2.62 bits per heavy atom. The van der Waals surface area contributed by atoms with Crippen molar-refractivity contribution in [2.75, 3.05) is 26.7 Å². The number of nitrogens with zero attached hydrogens (tertiary/aromatic N) is 4. The molecule has 2 heterocycles. The summed E-state index contributed by atoms with van der Waals surface area (Å²) in [6.45, 7) is 8.44. The van der Waals surface area contributed by atoms with Crippen LogP contribution >= 0.6 is 0 Å². The quantitative estimate of drug-likeness (QED) is 0.527. The second kappa shape index (κ2) is 10.4. The Kier molecular flexibility index (Phi) is 7.32. The van der Waals surface area contributed by atoms with Gasteiger partial charge in [0.1, 0.15) is 11.6 Å². The van der Waals surface area contributed by atoms with Crippen LogP contribution in [0.25, 0.3) is 16.6 Å². The first-order valence-corrected chi connectivity index (χ1v) is 12.1. The molecule has 0 N–H and O–H groups in total. The Hall–Kier alpha value is -3.19. The number of amides is 1. The Bertz CT molecular complexity index is 1220. The van der Waals surface area contributed by atoms with Crippen molar-refractivity contribution in [3.63, 3.8) is 0 Å². The fraction of sp³-hybridized carbons (Fsp3) is 0.444. The van der Waals surface area contributed by atoms with Gasteiger partial charge in [0, 0.05) is 32.1 Å². The van der Waals surface area contributed by atoms with Gasteiger partial charge in [-0.05, 0) is 44.5 Å². The highest BCUT2D eigenvalue weighted by molar-refractivity contribution is 5.78. The number of ether oxygens (including phenoxy) is 1. The molecule has 180 valence electrons. The largest absolute Gasteiger partial charge is 0.495 e. The molecule has 1 aromatic heterocycles. The van der Waals surface area contributed by atoms with E-state index >= 15 is 0 Å². The van der Waals surface area contributed by atoms with Crippen molar-refractivity contribution < 1.29 is 9.53 Å². The number of carbonyl (C=O) groups excluding carboxylic acids is 1. The number of aromatic nitrogens is 2. The van der Waals surface area contributed by atoms with Crippen molar-refractivity contribution in [2.24, 2.45) is 0 Å². The summed E-state index contributed by atoms with van der Waals surface area (Å²) in [7, 11) is 1.61. The van der Waals surface area contributed by atoms with Gasteiger partial charge in [-0.3, -0.25) is 19.1 Å². The fourth-order valence-corrected chi connectivity index (χ4v) is 4.82. The minimum Gasteiger partial charge on any atom is -0.495 e. The molecule has 2 atom stereocenters. The lowest BCUT2D eigenvalue weighted by Crippen LogP contribution is -2.54. The number of methoxy groups -OCH3 is 1. The van der Waals surface area contributed by atoms with Gasteiger partial charge >= 0.3 is 0 Å². The highest BCUT2D eigenvalue weighted by atomic mass is 16.5. The fourth-order valence-electron chi connectivity index (χ4n) is 4.82. The van der Waals surface area contributed by atoms with Gasteiger partial charge in [-0.25, -0.2) is 4.98 Å². The minimum absolute atomic E-state index is 0.104. The number of para-hydroxylation sites is 3. The van der Waals surface area contributed by atoms with Crippen LogP contribution in [-0.2, 0) is 4.79 Å². The van der Waals surface area contributed by atoms with Crippen LogP contribution in [0.15, 0.2) is 53.3 Å². The molecule has 7 heteroatoms. The zero-order chi connectivity index (χ0) is 24.2. The van der Waals surface area contributed by atoms with Crippen LogP contribution < -0.4 is 10.3 Å². The van der Waals surface area contributed by atoms with Crippen molar-refractivity contribution >= 4 is 16.8 Å². The van der Waals surface area contributed by atoms with Crippen molar-refractivity contribution in [3.8, 4) is 11.4 Å². The lowest BCUT2D eigenvalue weighted by Gasteiger charge is -2.42. The SMILES string of the molecule is CCCCC(=O)N1CCN(C(C)c2nc3ccccc3c(=O)n2-c2ccccc2OC)CC1C. The molecule has 4 rings (SSSR count). The second-order valence-electron chi connectivity index (χ2n) is 9.01. The van der Waals surface area contributed by atoms with Crippen LogP contribution in [0, 0.1) is 0 Å². The third-order valence-electron chi connectivity index (χ3n) is 6.77. The highest BCUT2D eigenvalue weighted by Gasteiger charge is 2.32. The molecule has 2 aromatic carbocycles. The molecule has 1 aliphatic rings. The van der Waals surface area contributed by atoms with Gasteiger partial charge in [0.25, 0.3) is 5.56 Å². The number of rotatable bonds is 7. The standard InChI is InChI=1S/C27H34N4O3/c1-5-6-15-25(32)30-17-16-29(18-19(30)2)20(3)26-28-22-12-8-7-11-21(22)27(33)31(26)23-13-9-10-14-24(23)34-4/h7-14,19-20H,5-6,15-18H2,1-4H3. The van der Waals surface area contributed by atoms with Crippen LogP contribution in [0.3, 0.4) is 0 Å². The van der Waals surface area contributed by atoms with Crippen LogP contribution in [0.1, 0.15) is 51.9 Å². The molecule has 1 amide bonds.